The highest BCUT2D eigenvalue weighted by atomic mass is 19.1. The normalized spacial score (nSPS) is 14.4. The molecular formula is C34H37F2N5O4. The lowest BCUT2D eigenvalue weighted by molar-refractivity contribution is -0.119. The van der Waals surface area contributed by atoms with Crippen molar-refractivity contribution in [3.63, 3.8) is 0 Å². The zero-order valence-electron chi connectivity index (χ0n) is 25.9. The molecule has 0 spiro atoms. The predicted molar refractivity (Wildman–Crippen MR) is 168 cm³/mol. The first-order valence-electron chi connectivity index (χ1n) is 14.7. The third kappa shape index (κ3) is 7.72. The number of amides is 2. The number of phenolic OH excluding ortho intramolecular Hbond substituents is 1. The van der Waals surface area contributed by atoms with Crippen LogP contribution in [0.3, 0.4) is 0 Å². The molecule has 6 rings (SSSR count). The molecule has 1 aromatic heterocycles. The summed E-state index contributed by atoms with van der Waals surface area (Å²) < 4.78 is 34.4. The number of fused-ring (bicyclic) bond motifs is 1. The number of para-hydroxylation sites is 1. The third-order valence-corrected chi connectivity index (χ3v) is 7.14. The third-order valence-electron chi connectivity index (χ3n) is 7.14. The Labute approximate surface area is 261 Å². The van der Waals surface area contributed by atoms with Gasteiger partial charge < -0.3 is 25.4 Å². The molecule has 0 radical (unpaired) electrons. The average Bonchev–Trinajstić information content (AvgIpc) is 3.51. The summed E-state index contributed by atoms with van der Waals surface area (Å²) in [6.07, 6.45) is 1.68. The Bertz CT molecular complexity index is 1660. The van der Waals surface area contributed by atoms with Crippen LogP contribution in [-0.2, 0) is 17.9 Å². The van der Waals surface area contributed by atoms with Gasteiger partial charge in [0, 0.05) is 29.3 Å². The number of aromatic hydroxyl groups is 1. The van der Waals surface area contributed by atoms with Crippen molar-refractivity contribution in [1.82, 2.24) is 20.2 Å². The number of methoxy groups -OCH3 is 1. The van der Waals surface area contributed by atoms with Gasteiger partial charge in [-0.25, -0.2) is 18.7 Å². The molecule has 2 amide bonds. The van der Waals surface area contributed by atoms with Gasteiger partial charge in [0.05, 0.1) is 31.5 Å². The highest BCUT2D eigenvalue weighted by Crippen LogP contribution is 2.35. The Hall–Kier alpha value is -5.06. The SMILES string of the molecule is CC.CC1(C)CCC(=O)N1.COc1cc(O)ccc1CN1Cc2nc(-c3c(F)cccc3F)nc(Nc3ccccc3)c2C1=O. The number of aromatic nitrogens is 2. The van der Waals surface area contributed by atoms with Gasteiger partial charge in [0.15, 0.2) is 5.82 Å². The number of carbonyl (C=O) groups excluding carboxylic acids is 2. The predicted octanol–water partition coefficient (Wildman–Crippen LogP) is 6.74. The van der Waals surface area contributed by atoms with E-state index in [0.717, 1.165) is 18.6 Å². The van der Waals surface area contributed by atoms with E-state index in [4.69, 9.17) is 4.74 Å². The second-order valence-electron chi connectivity index (χ2n) is 10.9. The molecule has 4 aromatic rings. The number of hydrogen-bond donors (Lipinski definition) is 3. The summed E-state index contributed by atoms with van der Waals surface area (Å²) in [6.45, 7) is 8.36. The first kappa shape index (κ1) is 32.8. The van der Waals surface area contributed by atoms with Crippen LogP contribution in [-0.4, -0.2) is 44.4 Å². The van der Waals surface area contributed by atoms with Gasteiger partial charge in [-0.05, 0) is 56.7 Å². The van der Waals surface area contributed by atoms with Crippen LogP contribution in [0.2, 0.25) is 0 Å². The standard InChI is InChI=1S/C26H20F2N4O3.C6H11NO.C2H6/c1-35-21-12-17(33)11-10-15(21)13-32-14-20-23(26(32)34)25(29-16-6-3-2-4-7-16)31-24(30-20)22-18(27)8-5-9-19(22)28;1-6(2)4-3-5(8)7-6;1-2/h2-12,33H,13-14H2,1H3,(H,29,30,31);3-4H2,1-2H3,(H,7,8);1-2H3. The smallest absolute Gasteiger partial charge is 0.260 e. The largest absolute Gasteiger partial charge is 0.508 e. The Kier molecular flexibility index (Phi) is 10.3. The summed E-state index contributed by atoms with van der Waals surface area (Å²) in [5.74, 6) is -1.28. The van der Waals surface area contributed by atoms with Gasteiger partial charge >= 0.3 is 0 Å². The summed E-state index contributed by atoms with van der Waals surface area (Å²) in [5.41, 5.74) is 1.61. The van der Waals surface area contributed by atoms with Crippen LogP contribution in [0.25, 0.3) is 11.4 Å². The summed E-state index contributed by atoms with van der Waals surface area (Å²) in [7, 11) is 1.47. The van der Waals surface area contributed by atoms with Crippen LogP contribution < -0.4 is 15.4 Å². The van der Waals surface area contributed by atoms with E-state index in [0.29, 0.717) is 29.1 Å². The molecule has 3 heterocycles. The Morgan fingerprint density at radius 3 is 2.24 bits per heavy atom. The molecule has 0 unspecified atom stereocenters. The Morgan fingerprint density at radius 1 is 0.978 bits per heavy atom. The number of carbonyl (C=O) groups is 2. The van der Waals surface area contributed by atoms with E-state index in [1.807, 2.05) is 45.9 Å². The van der Waals surface area contributed by atoms with E-state index in [-0.39, 0.29) is 59.0 Å². The molecule has 2 aliphatic heterocycles. The maximum atomic E-state index is 14.6. The van der Waals surface area contributed by atoms with E-state index in [1.165, 1.54) is 30.2 Å². The first-order chi connectivity index (χ1) is 21.5. The number of benzene rings is 3. The number of halogens is 2. The fraction of sp³-hybridized carbons (Fsp3) is 0.294. The van der Waals surface area contributed by atoms with Crippen molar-refractivity contribution in [2.75, 3.05) is 12.4 Å². The van der Waals surface area contributed by atoms with E-state index in [1.54, 1.807) is 18.2 Å². The quantitative estimate of drug-likeness (QED) is 0.220. The van der Waals surface area contributed by atoms with Gasteiger partial charge in [-0.15, -0.1) is 0 Å². The molecule has 3 N–H and O–H groups in total. The average molecular weight is 618 g/mol. The summed E-state index contributed by atoms with van der Waals surface area (Å²) in [4.78, 5) is 34.3. The fourth-order valence-corrected chi connectivity index (χ4v) is 4.95. The van der Waals surface area contributed by atoms with Gasteiger partial charge in [0.2, 0.25) is 5.91 Å². The van der Waals surface area contributed by atoms with Crippen LogP contribution in [0.1, 0.15) is 62.2 Å². The van der Waals surface area contributed by atoms with E-state index < -0.39 is 11.6 Å². The molecule has 11 heteroatoms. The number of phenols is 1. The van der Waals surface area contributed by atoms with Crippen molar-refractivity contribution < 1.29 is 28.2 Å². The van der Waals surface area contributed by atoms with Gasteiger partial charge in [-0.3, -0.25) is 9.59 Å². The van der Waals surface area contributed by atoms with Gasteiger partial charge in [0.1, 0.15) is 34.5 Å². The zero-order chi connectivity index (χ0) is 32.7. The molecule has 3 aromatic carbocycles. The number of nitrogens with one attached hydrogen (secondary N) is 2. The van der Waals surface area contributed by atoms with Crippen LogP contribution in [0.15, 0.2) is 66.7 Å². The molecule has 0 aliphatic carbocycles. The van der Waals surface area contributed by atoms with Crippen molar-refractivity contribution >= 4 is 23.3 Å². The first-order valence-corrected chi connectivity index (χ1v) is 14.7. The highest BCUT2D eigenvalue weighted by molar-refractivity contribution is 6.03. The highest BCUT2D eigenvalue weighted by Gasteiger charge is 2.34. The number of hydrogen-bond acceptors (Lipinski definition) is 7. The Balaban J connectivity index is 0.000000397. The van der Waals surface area contributed by atoms with Gasteiger partial charge in [-0.2, -0.15) is 0 Å². The molecule has 45 heavy (non-hydrogen) atoms. The van der Waals surface area contributed by atoms with Crippen molar-refractivity contribution in [3.8, 4) is 22.9 Å². The van der Waals surface area contributed by atoms with Crippen molar-refractivity contribution in [3.05, 3.63) is 95.2 Å². The minimum absolute atomic E-state index is 0.0402. The number of rotatable bonds is 6. The number of ether oxygens (including phenoxy) is 1. The van der Waals surface area contributed by atoms with Crippen molar-refractivity contribution in [2.45, 2.75) is 59.2 Å². The van der Waals surface area contributed by atoms with Crippen molar-refractivity contribution in [2.24, 2.45) is 0 Å². The topological polar surface area (TPSA) is 117 Å². The summed E-state index contributed by atoms with van der Waals surface area (Å²) in [6, 6.07) is 17.2. The lowest BCUT2D eigenvalue weighted by Crippen LogP contribution is -2.34. The fourth-order valence-electron chi connectivity index (χ4n) is 4.95. The molecule has 0 atom stereocenters. The molecule has 1 fully saturated rings. The maximum Gasteiger partial charge on any atom is 0.260 e. The molecule has 1 saturated heterocycles. The molecule has 0 bridgehead atoms. The van der Waals surface area contributed by atoms with Crippen LogP contribution >= 0.6 is 0 Å². The molecule has 236 valence electrons. The van der Waals surface area contributed by atoms with Crippen molar-refractivity contribution in [1.29, 1.82) is 0 Å². The van der Waals surface area contributed by atoms with Crippen LogP contribution in [0.5, 0.6) is 11.5 Å². The Morgan fingerprint density at radius 2 is 1.67 bits per heavy atom. The lowest BCUT2D eigenvalue weighted by Gasteiger charge is -2.17. The molecule has 0 saturated carbocycles. The minimum Gasteiger partial charge on any atom is -0.508 e. The second-order valence-corrected chi connectivity index (χ2v) is 10.9. The monoisotopic (exact) mass is 617 g/mol. The maximum absolute atomic E-state index is 14.6. The van der Waals surface area contributed by atoms with E-state index in [9.17, 15) is 23.5 Å². The zero-order valence-corrected chi connectivity index (χ0v) is 25.9. The van der Waals surface area contributed by atoms with Crippen LogP contribution in [0.4, 0.5) is 20.3 Å². The number of anilines is 2. The minimum atomic E-state index is -0.800. The van der Waals surface area contributed by atoms with Gasteiger partial charge in [0.25, 0.3) is 5.91 Å². The van der Waals surface area contributed by atoms with E-state index in [2.05, 4.69) is 20.6 Å². The van der Waals surface area contributed by atoms with Crippen LogP contribution in [0, 0.1) is 11.6 Å². The van der Waals surface area contributed by atoms with Gasteiger partial charge in [-0.1, -0.05) is 38.1 Å². The number of nitrogens with zero attached hydrogens (tertiary/aromatic N) is 3. The van der Waals surface area contributed by atoms with E-state index >= 15 is 0 Å². The summed E-state index contributed by atoms with van der Waals surface area (Å²) >= 11 is 0. The summed E-state index contributed by atoms with van der Waals surface area (Å²) in [5, 5.41) is 15.7. The molecule has 9 nitrogen and oxygen atoms in total. The molecular weight excluding hydrogens is 580 g/mol. The lowest BCUT2D eigenvalue weighted by atomic mass is 10.0. The second kappa shape index (κ2) is 14.1. The molecule has 2 aliphatic rings.